The number of amides is 1. The molecule has 0 aliphatic heterocycles. The second kappa shape index (κ2) is 5.46. The van der Waals surface area contributed by atoms with E-state index in [4.69, 9.17) is 11.6 Å². The fraction of sp³-hybridized carbons (Fsp3) is 0.400. The maximum Gasteiger partial charge on any atom is 0.267 e. The number of carbonyl (C=O) groups excluding carboxylic acids is 1. The van der Waals surface area contributed by atoms with Gasteiger partial charge in [0.05, 0.1) is 6.10 Å². The lowest BCUT2D eigenvalue weighted by atomic mass is 9.93. The number of nitrogens with one attached hydrogen (secondary N) is 2. The second-order valence-electron chi connectivity index (χ2n) is 5.39. The highest BCUT2D eigenvalue weighted by atomic mass is 35.5. The Morgan fingerprint density at radius 2 is 2.00 bits per heavy atom. The van der Waals surface area contributed by atoms with E-state index in [2.05, 4.69) is 10.3 Å². The Hall–Kier alpha value is -1.52. The summed E-state index contributed by atoms with van der Waals surface area (Å²) in [6.45, 7) is 0. The molecule has 2 aromatic rings. The predicted octanol–water partition coefficient (Wildman–Crippen LogP) is 2.85. The maximum atomic E-state index is 12.2. The van der Waals surface area contributed by atoms with E-state index in [1.54, 1.807) is 0 Å². The third-order valence-electron chi connectivity index (χ3n) is 3.86. The van der Waals surface area contributed by atoms with E-state index in [0.29, 0.717) is 10.7 Å². The average Bonchev–Trinajstić information content (AvgIpc) is 2.84. The van der Waals surface area contributed by atoms with E-state index >= 15 is 0 Å². The van der Waals surface area contributed by atoms with Crippen molar-refractivity contribution in [2.24, 2.45) is 0 Å². The molecule has 1 heterocycles. The van der Waals surface area contributed by atoms with Crippen molar-refractivity contribution in [3.05, 3.63) is 35.0 Å². The number of carbonyl (C=O) groups is 1. The van der Waals surface area contributed by atoms with Crippen LogP contribution in [0.15, 0.2) is 24.3 Å². The standard InChI is InChI=1S/C15H17ClN2O2/c16-10-2-1-9-7-14(18-13(9)8-10)15(20)17-11-3-5-12(19)6-4-11/h1-2,7-8,11-12,18-19H,3-6H2,(H,17,20). The van der Waals surface area contributed by atoms with Crippen LogP contribution in [0.3, 0.4) is 0 Å². The molecule has 0 bridgehead atoms. The second-order valence-corrected chi connectivity index (χ2v) is 5.83. The van der Waals surface area contributed by atoms with Gasteiger partial charge in [-0.25, -0.2) is 0 Å². The molecule has 0 atom stereocenters. The molecule has 20 heavy (non-hydrogen) atoms. The van der Waals surface area contributed by atoms with Crippen molar-refractivity contribution in [1.29, 1.82) is 0 Å². The summed E-state index contributed by atoms with van der Waals surface area (Å²) in [7, 11) is 0. The largest absolute Gasteiger partial charge is 0.393 e. The Morgan fingerprint density at radius 3 is 2.75 bits per heavy atom. The molecule has 1 aliphatic rings. The van der Waals surface area contributed by atoms with Crippen LogP contribution in [0.25, 0.3) is 10.9 Å². The Bertz CT molecular complexity index is 630. The van der Waals surface area contributed by atoms with Gasteiger partial charge in [-0.1, -0.05) is 17.7 Å². The van der Waals surface area contributed by atoms with Crippen molar-refractivity contribution in [2.45, 2.75) is 37.8 Å². The predicted molar refractivity (Wildman–Crippen MR) is 79.0 cm³/mol. The lowest BCUT2D eigenvalue weighted by Gasteiger charge is -2.25. The number of halogens is 1. The van der Waals surface area contributed by atoms with Gasteiger partial charge < -0.3 is 15.4 Å². The van der Waals surface area contributed by atoms with Crippen LogP contribution in [0, 0.1) is 0 Å². The summed E-state index contributed by atoms with van der Waals surface area (Å²) in [6, 6.07) is 7.49. The molecule has 0 saturated heterocycles. The lowest BCUT2D eigenvalue weighted by Crippen LogP contribution is -2.38. The molecule has 1 aliphatic carbocycles. The van der Waals surface area contributed by atoms with E-state index in [-0.39, 0.29) is 18.1 Å². The molecule has 106 valence electrons. The molecule has 1 saturated carbocycles. The number of H-pyrrole nitrogens is 1. The summed E-state index contributed by atoms with van der Waals surface area (Å²) >= 11 is 5.93. The number of hydrogen-bond donors (Lipinski definition) is 3. The summed E-state index contributed by atoms with van der Waals surface area (Å²) in [4.78, 5) is 15.3. The molecule has 4 nitrogen and oxygen atoms in total. The fourth-order valence-electron chi connectivity index (χ4n) is 2.70. The minimum absolute atomic E-state index is 0.0984. The van der Waals surface area contributed by atoms with Crippen molar-refractivity contribution in [3.63, 3.8) is 0 Å². The topological polar surface area (TPSA) is 65.1 Å². The highest BCUT2D eigenvalue weighted by molar-refractivity contribution is 6.31. The number of fused-ring (bicyclic) bond motifs is 1. The van der Waals surface area contributed by atoms with E-state index in [1.807, 2.05) is 24.3 Å². The number of aromatic nitrogens is 1. The SMILES string of the molecule is O=C(NC1CCC(O)CC1)c1cc2ccc(Cl)cc2[nH]1. The molecule has 0 spiro atoms. The number of hydrogen-bond acceptors (Lipinski definition) is 2. The molecule has 1 amide bonds. The van der Waals surface area contributed by atoms with Crippen molar-refractivity contribution < 1.29 is 9.90 Å². The smallest absolute Gasteiger partial charge is 0.267 e. The van der Waals surface area contributed by atoms with Gasteiger partial charge in [0.2, 0.25) is 0 Å². The molecule has 0 unspecified atom stereocenters. The Morgan fingerprint density at radius 1 is 1.25 bits per heavy atom. The highest BCUT2D eigenvalue weighted by Gasteiger charge is 2.21. The lowest BCUT2D eigenvalue weighted by molar-refractivity contribution is 0.0864. The van der Waals surface area contributed by atoms with E-state index < -0.39 is 0 Å². The zero-order valence-corrected chi connectivity index (χ0v) is 11.8. The van der Waals surface area contributed by atoms with Crippen LogP contribution in [0.4, 0.5) is 0 Å². The van der Waals surface area contributed by atoms with Crippen LogP contribution in [0.5, 0.6) is 0 Å². The molecular formula is C15H17ClN2O2. The van der Waals surface area contributed by atoms with Crippen LogP contribution in [0.2, 0.25) is 5.02 Å². The number of aromatic amines is 1. The van der Waals surface area contributed by atoms with E-state index in [0.717, 1.165) is 36.6 Å². The monoisotopic (exact) mass is 292 g/mol. The van der Waals surface area contributed by atoms with E-state index in [1.165, 1.54) is 0 Å². The Labute approximate surface area is 122 Å². The van der Waals surface area contributed by atoms with Crippen LogP contribution < -0.4 is 5.32 Å². The normalized spacial score (nSPS) is 22.9. The molecule has 1 aromatic carbocycles. The Kier molecular flexibility index (Phi) is 3.68. The highest BCUT2D eigenvalue weighted by Crippen LogP contribution is 2.21. The van der Waals surface area contributed by atoms with Crippen molar-refractivity contribution >= 4 is 28.4 Å². The van der Waals surface area contributed by atoms with Gasteiger partial charge in [0.1, 0.15) is 5.69 Å². The molecule has 1 aromatic heterocycles. The van der Waals surface area contributed by atoms with Gasteiger partial charge in [-0.3, -0.25) is 4.79 Å². The van der Waals surface area contributed by atoms with E-state index in [9.17, 15) is 9.90 Å². The third-order valence-corrected chi connectivity index (χ3v) is 4.10. The summed E-state index contributed by atoms with van der Waals surface area (Å²) < 4.78 is 0. The first kappa shape index (κ1) is 13.5. The third kappa shape index (κ3) is 2.81. The molecule has 1 fully saturated rings. The van der Waals surface area contributed by atoms with Gasteiger partial charge in [0.15, 0.2) is 0 Å². The van der Waals surface area contributed by atoms with Gasteiger partial charge >= 0.3 is 0 Å². The van der Waals surface area contributed by atoms with Gasteiger partial charge in [0, 0.05) is 22.0 Å². The Balaban J connectivity index is 1.72. The molecule has 3 N–H and O–H groups in total. The first-order valence-corrected chi connectivity index (χ1v) is 7.27. The zero-order chi connectivity index (χ0) is 14.1. The quantitative estimate of drug-likeness (QED) is 0.797. The van der Waals surface area contributed by atoms with Crippen LogP contribution in [-0.4, -0.2) is 28.1 Å². The number of aliphatic hydroxyl groups excluding tert-OH is 1. The van der Waals surface area contributed by atoms with Crippen LogP contribution in [0.1, 0.15) is 36.2 Å². The average molecular weight is 293 g/mol. The van der Waals surface area contributed by atoms with Crippen molar-refractivity contribution in [3.8, 4) is 0 Å². The number of benzene rings is 1. The van der Waals surface area contributed by atoms with Crippen molar-refractivity contribution in [2.75, 3.05) is 0 Å². The van der Waals surface area contributed by atoms with Gasteiger partial charge in [-0.05, 0) is 43.9 Å². The summed E-state index contributed by atoms with van der Waals surface area (Å²) in [5.74, 6) is -0.0984. The summed E-state index contributed by atoms with van der Waals surface area (Å²) in [5, 5.41) is 14.1. The first-order chi connectivity index (χ1) is 9.61. The van der Waals surface area contributed by atoms with Gasteiger partial charge in [-0.15, -0.1) is 0 Å². The molecular weight excluding hydrogens is 276 g/mol. The summed E-state index contributed by atoms with van der Waals surface area (Å²) in [6.07, 6.45) is 2.97. The minimum atomic E-state index is -0.210. The number of rotatable bonds is 2. The van der Waals surface area contributed by atoms with Crippen LogP contribution in [-0.2, 0) is 0 Å². The molecule has 3 rings (SSSR count). The first-order valence-electron chi connectivity index (χ1n) is 6.89. The zero-order valence-electron chi connectivity index (χ0n) is 11.0. The van der Waals surface area contributed by atoms with Crippen LogP contribution >= 0.6 is 11.6 Å². The molecule has 0 radical (unpaired) electrons. The maximum absolute atomic E-state index is 12.2. The molecule has 5 heteroatoms. The summed E-state index contributed by atoms with van der Waals surface area (Å²) in [5.41, 5.74) is 1.41. The number of aliphatic hydroxyl groups is 1. The van der Waals surface area contributed by atoms with Gasteiger partial charge in [-0.2, -0.15) is 0 Å². The van der Waals surface area contributed by atoms with Gasteiger partial charge in [0.25, 0.3) is 5.91 Å². The minimum Gasteiger partial charge on any atom is -0.393 e. The van der Waals surface area contributed by atoms with Crippen molar-refractivity contribution in [1.82, 2.24) is 10.3 Å². The fourth-order valence-corrected chi connectivity index (χ4v) is 2.88.